The van der Waals surface area contributed by atoms with Crippen LogP contribution in [0.5, 0.6) is 17.2 Å². The third-order valence-corrected chi connectivity index (χ3v) is 4.20. The second kappa shape index (κ2) is 6.12. The first-order valence-electron chi connectivity index (χ1n) is 7.49. The lowest BCUT2D eigenvalue weighted by molar-refractivity contribution is 0.0446. The highest BCUT2D eigenvalue weighted by Crippen LogP contribution is 2.40. The van der Waals surface area contributed by atoms with E-state index in [0.717, 1.165) is 49.7 Å². The summed E-state index contributed by atoms with van der Waals surface area (Å²) in [6.07, 6.45) is 2.07. The minimum absolute atomic E-state index is 0.138. The summed E-state index contributed by atoms with van der Waals surface area (Å²) < 4.78 is 22.1. The smallest absolute Gasteiger partial charge is 0.203 e. The molecule has 0 saturated carbocycles. The average molecular weight is 293 g/mol. The molecule has 1 aromatic rings. The molecular weight excluding hydrogens is 270 g/mol. The molecule has 1 aromatic carbocycles. The van der Waals surface area contributed by atoms with Crippen molar-refractivity contribution in [2.75, 3.05) is 33.5 Å². The molecule has 2 aliphatic rings. The van der Waals surface area contributed by atoms with E-state index >= 15 is 0 Å². The van der Waals surface area contributed by atoms with Gasteiger partial charge in [0.25, 0.3) is 0 Å². The highest BCUT2D eigenvalue weighted by atomic mass is 16.6. The molecule has 1 fully saturated rings. The molecule has 2 aliphatic heterocycles. The molecule has 5 heteroatoms. The minimum Gasteiger partial charge on any atom is -0.493 e. The molecule has 21 heavy (non-hydrogen) atoms. The summed E-state index contributed by atoms with van der Waals surface area (Å²) in [4.78, 5) is 0. The Balaban J connectivity index is 1.73. The van der Waals surface area contributed by atoms with Crippen LogP contribution in [0.25, 0.3) is 0 Å². The van der Waals surface area contributed by atoms with Crippen LogP contribution in [-0.4, -0.2) is 39.1 Å². The van der Waals surface area contributed by atoms with E-state index in [2.05, 4.69) is 12.2 Å². The second-order valence-electron chi connectivity index (χ2n) is 5.85. The molecule has 0 atom stereocenters. The van der Waals surface area contributed by atoms with Crippen LogP contribution in [0.1, 0.15) is 25.3 Å². The van der Waals surface area contributed by atoms with Crippen molar-refractivity contribution in [2.45, 2.75) is 31.8 Å². The summed E-state index contributed by atoms with van der Waals surface area (Å²) in [6, 6.07) is 4.05. The summed E-state index contributed by atoms with van der Waals surface area (Å²) in [6.45, 7) is 5.84. The number of hydrogen-bond acceptors (Lipinski definition) is 5. The molecular formula is C16H23NO4. The van der Waals surface area contributed by atoms with Crippen LogP contribution in [0, 0.1) is 0 Å². The van der Waals surface area contributed by atoms with Crippen molar-refractivity contribution >= 4 is 0 Å². The Morgan fingerprint density at radius 3 is 2.67 bits per heavy atom. The fourth-order valence-electron chi connectivity index (χ4n) is 2.74. The molecule has 0 bridgehead atoms. The third kappa shape index (κ3) is 3.24. The largest absolute Gasteiger partial charge is 0.493 e. The highest BCUT2D eigenvalue weighted by molar-refractivity contribution is 5.54. The van der Waals surface area contributed by atoms with Crippen molar-refractivity contribution in [2.24, 2.45) is 0 Å². The molecule has 5 nitrogen and oxygen atoms in total. The van der Waals surface area contributed by atoms with Crippen molar-refractivity contribution in [1.29, 1.82) is 0 Å². The molecule has 0 aromatic heterocycles. The average Bonchev–Trinajstić information content (AvgIpc) is 2.53. The van der Waals surface area contributed by atoms with E-state index in [4.69, 9.17) is 18.9 Å². The van der Waals surface area contributed by atoms with Crippen LogP contribution in [0.3, 0.4) is 0 Å². The lowest BCUT2D eigenvalue weighted by Crippen LogP contribution is -2.46. The number of fused-ring (bicyclic) bond motifs is 1. The zero-order chi connectivity index (χ0) is 14.7. The Hall–Kier alpha value is -1.46. The van der Waals surface area contributed by atoms with Crippen molar-refractivity contribution in [1.82, 2.24) is 5.32 Å². The third-order valence-electron chi connectivity index (χ3n) is 4.20. The number of nitrogens with one attached hydrogen (secondary N) is 1. The molecule has 0 aliphatic carbocycles. The molecule has 0 spiro atoms. The lowest BCUT2D eigenvalue weighted by Gasteiger charge is -2.35. The number of methoxy groups -OCH3 is 1. The Morgan fingerprint density at radius 2 is 1.90 bits per heavy atom. The van der Waals surface area contributed by atoms with Gasteiger partial charge in [0.15, 0.2) is 11.5 Å². The molecule has 3 rings (SSSR count). The zero-order valence-electron chi connectivity index (χ0n) is 12.7. The van der Waals surface area contributed by atoms with Gasteiger partial charge in [0.05, 0.1) is 7.11 Å². The van der Waals surface area contributed by atoms with Gasteiger partial charge in [0, 0.05) is 25.3 Å². The summed E-state index contributed by atoms with van der Waals surface area (Å²) in [7, 11) is 1.66. The van der Waals surface area contributed by atoms with Crippen LogP contribution >= 0.6 is 0 Å². The van der Waals surface area contributed by atoms with Gasteiger partial charge >= 0.3 is 0 Å². The van der Waals surface area contributed by atoms with Crippen molar-refractivity contribution < 1.29 is 18.9 Å². The summed E-state index contributed by atoms with van der Waals surface area (Å²) in [5, 5.41) is 3.64. The molecule has 0 amide bonds. The minimum atomic E-state index is 0.138. The van der Waals surface area contributed by atoms with Gasteiger partial charge < -0.3 is 24.3 Å². The maximum absolute atomic E-state index is 5.67. The quantitative estimate of drug-likeness (QED) is 0.921. The predicted molar refractivity (Wildman–Crippen MR) is 79.3 cm³/mol. The Bertz CT molecular complexity index is 480. The van der Waals surface area contributed by atoms with Crippen molar-refractivity contribution in [3.8, 4) is 17.2 Å². The van der Waals surface area contributed by atoms with E-state index in [1.54, 1.807) is 7.11 Å². The van der Waals surface area contributed by atoms with Gasteiger partial charge in [0.2, 0.25) is 5.75 Å². The van der Waals surface area contributed by atoms with Crippen LogP contribution in [0.4, 0.5) is 0 Å². The van der Waals surface area contributed by atoms with Gasteiger partial charge in [-0.15, -0.1) is 0 Å². The van der Waals surface area contributed by atoms with E-state index < -0.39 is 0 Å². The normalized spacial score (nSPS) is 20.1. The molecule has 0 radical (unpaired) electrons. The van der Waals surface area contributed by atoms with Gasteiger partial charge in [-0.05, 0) is 37.5 Å². The van der Waals surface area contributed by atoms with Crippen LogP contribution in [-0.2, 0) is 11.3 Å². The maximum atomic E-state index is 5.67. The fraction of sp³-hybridized carbons (Fsp3) is 0.625. The second-order valence-corrected chi connectivity index (χ2v) is 5.85. The standard InChI is InChI=1S/C16H23NO4/c1-16(3-5-19-6-4-16)17-11-12-9-13(18-2)15-14(10-12)20-7-8-21-15/h9-10,17H,3-8,11H2,1-2H3. The van der Waals surface area contributed by atoms with Crippen molar-refractivity contribution in [3.63, 3.8) is 0 Å². The molecule has 1 N–H and O–H groups in total. The van der Waals surface area contributed by atoms with Gasteiger partial charge in [-0.25, -0.2) is 0 Å². The predicted octanol–water partition coefficient (Wildman–Crippen LogP) is 2.13. The first-order valence-corrected chi connectivity index (χ1v) is 7.49. The summed E-state index contributed by atoms with van der Waals surface area (Å²) >= 11 is 0. The molecule has 2 heterocycles. The monoisotopic (exact) mass is 293 g/mol. The van der Waals surface area contributed by atoms with E-state index in [9.17, 15) is 0 Å². The Kier molecular flexibility index (Phi) is 4.22. The van der Waals surface area contributed by atoms with Crippen LogP contribution in [0.2, 0.25) is 0 Å². The van der Waals surface area contributed by atoms with E-state index in [1.165, 1.54) is 0 Å². The topological polar surface area (TPSA) is 49.0 Å². The highest BCUT2D eigenvalue weighted by Gasteiger charge is 2.27. The number of benzene rings is 1. The lowest BCUT2D eigenvalue weighted by atomic mass is 9.92. The van der Waals surface area contributed by atoms with Crippen LogP contribution < -0.4 is 19.5 Å². The first kappa shape index (κ1) is 14.5. The Morgan fingerprint density at radius 1 is 1.14 bits per heavy atom. The van der Waals surface area contributed by atoms with Gasteiger partial charge in [0.1, 0.15) is 13.2 Å². The molecule has 116 valence electrons. The molecule has 1 saturated heterocycles. The Labute approximate surface area is 125 Å². The SMILES string of the molecule is COc1cc(CNC2(C)CCOCC2)cc2c1OCCO2. The zero-order valence-corrected chi connectivity index (χ0v) is 12.7. The fourth-order valence-corrected chi connectivity index (χ4v) is 2.74. The van der Waals surface area contributed by atoms with Gasteiger partial charge in [-0.1, -0.05) is 0 Å². The molecule has 0 unspecified atom stereocenters. The van der Waals surface area contributed by atoms with Crippen LogP contribution in [0.15, 0.2) is 12.1 Å². The number of rotatable bonds is 4. The van der Waals surface area contributed by atoms with E-state index in [0.29, 0.717) is 19.0 Å². The maximum Gasteiger partial charge on any atom is 0.203 e. The number of hydrogen-bond donors (Lipinski definition) is 1. The van der Waals surface area contributed by atoms with E-state index in [-0.39, 0.29) is 5.54 Å². The van der Waals surface area contributed by atoms with E-state index in [1.807, 2.05) is 12.1 Å². The number of ether oxygens (including phenoxy) is 4. The summed E-state index contributed by atoms with van der Waals surface area (Å²) in [5.74, 6) is 2.22. The summed E-state index contributed by atoms with van der Waals surface area (Å²) in [5.41, 5.74) is 1.28. The van der Waals surface area contributed by atoms with Gasteiger partial charge in [-0.3, -0.25) is 0 Å². The van der Waals surface area contributed by atoms with Crippen molar-refractivity contribution in [3.05, 3.63) is 17.7 Å². The van der Waals surface area contributed by atoms with Gasteiger partial charge in [-0.2, -0.15) is 0 Å². The first-order chi connectivity index (χ1) is 10.2.